The molecule has 1 aromatic rings. The average Bonchev–Trinajstić information content (AvgIpc) is 3.13. The van der Waals surface area contributed by atoms with Crippen LogP contribution in [-0.2, 0) is 4.74 Å². The fourth-order valence-electron chi connectivity index (χ4n) is 2.59. The van der Waals surface area contributed by atoms with Crippen molar-refractivity contribution in [1.29, 1.82) is 0 Å². The third kappa shape index (κ3) is 2.98. The summed E-state index contributed by atoms with van der Waals surface area (Å²) in [7, 11) is 0. The van der Waals surface area contributed by atoms with Gasteiger partial charge in [0.1, 0.15) is 0 Å². The maximum absolute atomic E-state index is 12.3. The third-order valence-electron chi connectivity index (χ3n) is 3.73. The second kappa shape index (κ2) is 5.46. The lowest BCUT2D eigenvalue weighted by Crippen LogP contribution is -2.41. The van der Waals surface area contributed by atoms with E-state index in [-0.39, 0.29) is 18.1 Å². The number of thiol groups is 1. The number of carbonyl (C=O) groups excluding carboxylic acids is 1. The van der Waals surface area contributed by atoms with E-state index >= 15 is 0 Å². The molecule has 1 aliphatic carbocycles. The summed E-state index contributed by atoms with van der Waals surface area (Å²) in [6.07, 6.45) is 3.58. The summed E-state index contributed by atoms with van der Waals surface area (Å²) < 4.78 is 6.53. The average molecular weight is 342 g/mol. The highest BCUT2D eigenvalue weighted by atomic mass is 79.9. The first-order chi connectivity index (χ1) is 9.15. The van der Waals surface area contributed by atoms with Crippen LogP contribution in [0.3, 0.4) is 0 Å². The summed E-state index contributed by atoms with van der Waals surface area (Å²) >= 11 is 7.69. The summed E-state index contributed by atoms with van der Waals surface area (Å²) in [5.41, 5.74) is 0.633. The molecule has 3 rings (SSSR count). The van der Waals surface area contributed by atoms with Gasteiger partial charge in [0, 0.05) is 16.0 Å². The quantitative estimate of drug-likeness (QED) is 0.829. The molecule has 1 amide bonds. The fourth-order valence-corrected chi connectivity index (χ4v) is 3.22. The molecule has 0 spiro atoms. The largest absolute Gasteiger partial charge is 0.376 e. The van der Waals surface area contributed by atoms with Crippen LogP contribution in [0.5, 0.6) is 0 Å². The van der Waals surface area contributed by atoms with Crippen molar-refractivity contribution in [3.05, 3.63) is 28.2 Å². The van der Waals surface area contributed by atoms with Crippen LogP contribution in [0.25, 0.3) is 0 Å². The van der Waals surface area contributed by atoms with Gasteiger partial charge in [0.15, 0.2) is 0 Å². The molecule has 19 heavy (non-hydrogen) atoms. The molecule has 1 saturated carbocycles. The molecule has 2 fully saturated rings. The molecule has 5 heteroatoms. The molecule has 1 N–H and O–H groups in total. The topological polar surface area (TPSA) is 38.3 Å². The number of hydrogen-bond acceptors (Lipinski definition) is 3. The van der Waals surface area contributed by atoms with Crippen LogP contribution in [0.2, 0.25) is 0 Å². The molecule has 102 valence electrons. The van der Waals surface area contributed by atoms with E-state index in [1.54, 1.807) is 6.07 Å². The minimum atomic E-state index is -0.0519. The zero-order chi connectivity index (χ0) is 13.4. The van der Waals surface area contributed by atoms with Gasteiger partial charge < -0.3 is 10.1 Å². The Bertz CT molecular complexity index is 504. The van der Waals surface area contributed by atoms with Crippen LogP contribution in [0.1, 0.15) is 29.6 Å². The Labute approximate surface area is 126 Å². The van der Waals surface area contributed by atoms with Gasteiger partial charge in [-0.05, 0) is 59.3 Å². The van der Waals surface area contributed by atoms with Gasteiger partial charge in [0.2, 0.25) is 0 Å². The van der Waals surface area contributed by atoms with Crippen molar-refractivity contribution in [2.75, 3.05) is 6.61 Å². The SMILES string of the molecule is O=C(NC1CCOC1C1CC1)c1cc(S)ccc1Br. The molecule has 1 heterocycles. The summed E-state index contributed by atoms with van der Waals surface area (Å²) in [5, 5.41) is 3.11. The second-order valence-electron chi connectivity index (χ2n) is 5.21. The Morgan fingerprint density at radius 2 is 2.16 bits per heavy atom. The van der Waals surface area contributed by atoms with Crippen molar-refractivity contribution in [2.24, 2.45) is 5.92 Å². The molecule has 1 aromatic carbocycles. The van der Waals surface area contributed by atoms with Crippen molar-refractivity contribution < 1.29 is 9.53 Å². The molecule has 2 atom stereocenters. The summed E-state index contributed by atoms with van der Waals surface area (Å²) in [6.45, 7) is 0.750. The first kappa shape index (κ1) is 13.5. The number of carbonyl (C=O) groups is 1. The van der Waals surface area contributed by atoms with Crippen molar-refractivity contribution in [3.63, 3.8) is 0 Å². The van der Waals surface area contributed by atoms with E-state index in [1.165, 1.54) is 12.8 Å². The highest BCUT2D eigenvalue weighted by Gasteiger charge is 2.41. The minimum absolute atomic E-state index is 0.0519. The van der Waals surface area contributed by atoms with E-state index in [2.05, 4.69) is 33.9 Å². The maximum Gasteiger partial charge on any atom is 0.252 e. The minimum Gasteiger partial charge on any atom is -0.376 e. The van der Waals surface area contributed by atoms with Crippen LogP contribution in [0.4, 0.5) is 0 Å². The summed E-state index contributed by atoms with van der Waals surface area (Å²) in [4.78, 5) is 13.1. The first-order valence-corrected chi connectivity index (χ1v) is 7.80. The van der Waals surface area contributed by atoms with E-state index in [9.17, 15) is 4.79 Å². The Morgan fingerprint density at radius 3 is 2.89 bits per heavy atom. The lowest BCUT2D eigenvalue weighted by Gasteiger charge is -2.19. The van der Waals surface area contributed by atoms with Crippen LogP contribution in [0, 0.1) is 5.92 Å². The van der Waals surface area contributed by atoms with Crippen LogP contribution in [-0.4, -0.2) is 24.7 Å². The number of ether oxygens (including phenoxy) is 1. The van der Waals surface area contributed by atoms with E-state index in [0.717, 1.165) is 22.4 Å². The fraction of sp³-hybridized carbons (Fsp3) is 0.500. The van der Waals surface area contributed by atoms with Gasteiger partial charge in [0.05, 0.1) is 17.7 Å². The molecular formula is C14H16BrNO2S. The van der Waals surface area contributed by atoms with E-state index in [0.29, 0.717) is 11.5 Å². The molecule has 2 aliphatic rings. The van der Waals surface area contributed by atoms with Gasteiger partial charge in [-0.15, -0.1) is 12.6 Å². The highest BCUT2D eigenvalue weighted by Crippen LogP contribution is 2.38. The number of benzene rings is 1. The predicted octanol–water partition coefficient (Wildman–Crippen LogP) is 3.04. The lowest BCUT2D eigenvalue weighted by molar-refractivity contribution is 0.0729. The van der Waals surface area contributed by atoms with Crippen molar-refractivity contribution in [1.82, 2.24) is 5.32 Å². The second-order valence-corrected chi connectivity index (χ2v) is 6.58. The van der Waals surface area contributed by atoms with Gasteiger partial charge in [0.25, 0.3) is 5.91 Å². The van der Waals surface area contributed by atoms with E-state index < -0.39 is 0 Å². The molecule has 1 aliphatic heterocycles. The normalized spacial score (nSPS) is 26.4. The van der Waals surface area contributed by atoms with Crippen LogP contribution in [0.15, 0.2) is 27.6 Å². The van der Waals surface area contributed by atoms with Gasteiger partial charge in [-0.25, -0.2) is 0 Å². The smallest absolute Gasteiger partial charge is 0.252 e. The van der Waals surface area contributed by atoms with Gasteiger partial charge in [-0.1, -0.05) is 0 Å². The van der Waals surface area contributed by atoms with E-state index in [4.69, 9.17) is 4.74 Å². The Morgan fingerprint density at radius 1 is 1.37 bits per heavy atom. The Hall–Kier alpha value is -0.520. The Kier molecular flexibility index (Phi) is 3.87. The number of nitrogens with one attached hydrogen (secondary N) is 1. The molecule has 0 bridgehead atoms. The molecule has 0 aromatic heterocycles. The van der Waals surface area contributed by atoms with Crippen LogP contribution < -0.4 is 5.32 Å². The highest BCUT2D eigenvalue weighted by molar-refractivity contribution is 9.10. The van der Waals surface area contributed by atoms with Gasteiger partial charge >= 0.3 is 0 Å². The van der Waals surface area contributed by atoms with Crippen molar-refractivity contribution in [3.8, 4) is 0 Å². The summed E-state index contributed by atoms with van der Waals surface area (Å²) in [6, 6.07) is 5.64. The maximum atomic E-state index is 12.3. The standard InChI is InChI=1S/C14H16BrNO2S/c15-11-4-3-9(19)7-10(11)14(17)16-12-5-6-18-13(12)8-1-2-8/h3-4,7-8,12-13,19H,1-2,5-6H2,(H,16,17). The van der Waals surface area contributed by atoms with Crippen molar-refractivity contribution >= 4 is 34.5 Å². The molecule has 2 unspecified atom stereocenters. The van der Waals surface area contributed by atoms with E-state index in [1.807, 2.05) is 12.1 Å². The summed E-state index contributed by atoms with van der Waals surface area (Å²) in [5.74, 6) is 0.594. The first-order valence-electron chi connectivity index (χ1n) is 6.56. The zero-order valence-electron chi connectivity index (χ0n) is 10.4. The predicted molar refractivity (Wildman–Crippen MR) is 79.7 cm³/mol. The molecule has 1 saturated heterocycles. The number of rotatable bonds is 3. The lowest BCUT2D eigenvalue weighted by atomic mass is 10.1. The Balaban J connectivity index is 1.72. The molecule has 3 nitrogen and oxygen atoms in total. The number of amides is 1. The van der Waals surface area contributed by atoms with Gasteiger partial charge in [-0.2, -0.15) is 0 Å². The van der Waals surface area contributed by atoms with Crippen molar-refractivity contribution in [2.45, 2.75) is 36.3 Å². The molecular weight excluding hydrogens is 326 g/mol. The monoisotopic (exact) mass is 341 g/mol. The van der Waals surface area contributed by atoms with Gasteiger partial charge in [-0.3, -0.25) is 4.79 Å². The molecule has 0 radical (unpaired) electrons. The number of halogens is 1. The zero-order valence-corrected chi connectivity index (χ0v) is 12.9. The third-order valence-corrected chi connectivity index (χ3v) is 4.70. The van der Waals surface area contributed by atoms with Crippen LogP contribution >= 0.6 is 28.6 Å². The number of hydrogen-bond donors (Lipinski definition) is 2.